The highest BCUT2D eigenvalue weighted by molar-refractivity contribution is 9.10. The van der Waals surface area contributed by atoms with E-state index in [4.69, 9.17) is 0 Å². The Morgan fingerprint density at radius 2 is 2.12 bits per heavy atom. The summed E-state index contributed by atoms with van der Waals surface area (Å²) in [5, 5.41) is 2.77. The van der Waals surface area contributed by atoms with Gasteiger partial charge in [0, 0.05) is 11.4 Å². The van der Waals surface area contributed by atoms with Gasteiger partial charge in [-0.1, -0.05) is 35.8 Å². The Labute approximate surface area is 117 Å². The minimum atomic E-state index is -0.433. The molecule has 1 N–H and O–H groups in total. The topological polar surface area (TPSA) is 29.1 Å². The van der Waals surface area contributed by atoms with Crippen LogP contribution in [-0.2, 0) is 0 Å². The molecule has 0 heterocycles. The normalized spacial score (nSPS) is 12.6. The lowest BCUT2D eigenvalue weighted by Crippen LogP contribution is -2.32. The van der Waals surface area contributed by atoms with Gasteiger partial charge in [0.05, 0.1) is 10.0 Å². The number of rotatable bonds is 4. The predicted molar refractivity (Wildman–Crippen MR) is 74.0 cm³/mol. The highest BCUT2D eigenvalue weighted by Gasteiger charge is 2.15. The van der Waals surface area contributed by atoms with Gasteiger partial charge in [0.2, 0.25) is 0 Å². The van der Waals surface area contributed by atoms with Gasteiger partial charge in [0.15, 0.2) is 0 Å². The lowest BCUT2D eigenvalue weighted by Gasteiger charge is -2.14. The smallest absolute Gasteiger partial charge is 0.252 e. The van der Waals surface area contributed by atoms with Crippen LogP contribution in [0.2, 0.25) is 0 Å². The second-order valence-electron chi connectivity index (χ2n) is 4.07. The fourth-order valence-electron chi connectivity index (χ4n) is 1.20. The average Bonchev–Trinajstić information content (AvgIpc) is 2.29. The zero-order chi connectivity index (χ0) is 13.0. The Balaban J connectivity index is 2.68. The summed E-state index contributed by atoms with van der Waals surface area (Å²) < 4.78 is 13.4. The van der Waals surface area contributed by atoms with Crippen LogP contribution in [0.1, 0.15) is 24.2 Å². The van der Waals surface area contributed by atoms with Crippen LogP contribution < -0.4 is 5.32 Å². The van der Waals surface area contributed by atoms with Gasteiger partial charge in [-0.25, -0.2) is 4.39 Å². The second kappa shape index (κ2) is 6.50. The fraction of sp³-hybridized carbons (Fsp3) is 0.417. The van der Waals surface area contributed by atoms with Gasteiger partial charge in [-0.3, -0.25) is 4.79 Å². The Morgan fingerprint density at radius 3 is 2.71 bits per heavy atom. The van der Waals surface area contributed by atoms with Crippen LogP contribution in [0.5, 0.6) is 0 Å². The Morgan fingerprint density at radius 1 is 1.47 bits per heavy atom. The van der Waals surface area contributed by atoms with Crippen molar-refractivity contribution in [3.05, 3.63) is 34.1 Å². The van der Waals surface area contributed by atoms with Crippen LogP contribution >= 0.6 is 31.9 Å². The van der Waals surface area contributed by atoms with Crippen LogP contribution in [-0.4, -0.2) is 17.3 Å². The average molecular weight is 367 g/mol. The molecule has 0 saturated heterocycles. The van der Waals surface area contributed by atoms with E-state index in [0.717, 1.165) is 0 Å². The Bertz CT molecular complexity index is 409. The first-order chi connectivity index (χ1) is 7.93. The molecule has 1 aromatic carbocycles. The maximum atomic E-state index is 13.2. The Hall–Kier alpha value is -0.420. The van der Waals surface area contributed by atoms with E-state index in [1.54, 1.807) is 6.07 Å². The Kier molecular flexibility index (Phi) is 5.59. The van der Waals surface area contributed by atoms with Gasteiger partial charge in [0.25, 0.3) is 5.91 Å². The first-order valence-corrected chi connectivity index (χ1v) is 7.00. The van der Waals surface area contributed by atoms with Crippen molar-refractivity contribution in [2.24, 2.45) is 5.92 Å². The van der Waals surface area contributed by atoms with E-state index < -0.39 is 5.82 Å². The molecule has 1 atom stereocenters. The third-order valence-corrected chi connectivity index (χ3v) is 4.56. The standard InChI is InChI=1S/C12H14Br2FNO/c1-7(2)9(13)6-16-12(17)8-4-3-5-10(15)11(8)14/h3-5,7,9H,6H2,1-2H3,(H,16,17). The van der Waals surface area contributed by atoms with Crippen molar-refractivity contribution < 1.29 is 9.18 Å². The molecule has 0 aromatic heterocycles. The minimum Gasteiger partial charge on any atom is -0.351 e. The number of hydrogen-bond donors (Lipinski definition) is 1. The van der Waals surface area contributed by atoms with Gasteiger partial charge in [-0.05, 0) is 34.0 Å². The molecule has 94 valence electrons. The quantitative estimate of drug-likeness (QED) is 0.808. The predicted octanol–water partition coefficient (Wildman–Crippen LogP) is 3.74. The van der Waals surface area contributed by atoms with Crippen LogP contribution in [0.4, 0.5) is 4.39 Å². The zero-order valence-electron chi connectivity index (χ0n) is 9.64. The monoisotopic (exact) mass is 365 g/mol. The second-order valence-corrected chi connectivity index (χ2v) is 6.04. The molecule has 1 aromatic rings. The van der Waals surface area contributed by atoms with E-state index >= 15 is 0 Å². The molecule has 0 saturated carbocycles. The summed E-state index contributed by atoms with van der Waals surface area (Å²) in [6.45, 7) is 4.63. The maximum absolute atomic E-state index is 13.2. The molecule has 1 rings (SSSR count). The van der Waals surface area contributed by atoms with Crippen molar-refractivity contribution in [2.45, 2.75) is 18.7 Å². The molecule has 0 aliphatic rings. The minimum absolute atomic E-state index is 0.202. The number of carbonyl (C=O) groups excluding carboxylic acids is 1. The number of alkyl halides is 1. The first-order valence-electron chi connectivity index (χ1n) is 5.29. The molecule has 0 bridgehead atoms. The number of benzene rings is 1. The van der Waals surface area contributed by atoms with Crippen LogP contribution in [0, 0.1) is 11.7 Å². The number of halogens is 3. The molecule has 0 spiro atoms. The van der Waals surface area contributed by atoms with E-state index in [1.807, 2.05) is 0 Å². The van der Waals surface area contributed by atoms with Gasteiger partial charge in [0.1, 0.15) is 5.82 Å². The van der Waals surface area contributed by atoms with Gasteiger partial charge >= 0.3 is 0 Å². The molecule has 0 fully saturated rings. The highest BCUT2D eigenvalue weighted by Crippen LogP contribution is 2.20. The van der Waals surface area contributed by atoms with Crippen molar-refractivity contribution in [1.29, 1.82) is 0 Å². The van der Waals surface area contributed by atoms with Crippen LogP contribution in [0.3, 0.4) is 0 Å². The number of amides is 1. The fourth-order valence-corrected chi connectivity index (χ4v) is 1.81. The summed E-state index contributed by atoms with van der Waals surface area (Å²) in [5.41, 5.74) is 0.313. The molecule has 0 radical (unpaired) electrons. The largest absolute Gasteiger partial charge is 0.351 e. The van der Waals surface area contributed by atoms with Crippen molar-refractivity contribution >= 4 is 37.8 Å². The summed E-state index contributed by atoms with van der Waals surface area (Å²) in [5.74, 6) is -0.287. The first kappa shape index (κ1) is 14.6. The van der Waals surface area contributed by atoms with Gasteiger partial charge in [-0.2, -0.15) is 0 Å². The molecule has 1 amide bonds. The van der Waals surface area contributed by atoms with Gasteiger partial charge < -0.3 is 5.32 Å². The third kappa shape index (κ3) is 4.07. The molecule has 1 unspecified atom stereocenters. The molecule has 0 aliphatic carbocycles. The number of carbonyl (C=O) groups is 1. The van der Waals surface area contributed by atoms with E-state index in [0.29, 0.717) is 18.0 Å². The molecule has 0 aliphatic heterocycles. The molecular formula is C12H14Br2FNO. The van der Waals surface area contributed by atoms with Crippen LogP contribution in [0.15, 0.2) is 22.7 Å². The van der Waals surface area contributed by atoms with Crippen molar-refractivity contribution in [3.63, 3.8) is 0 Å². The summed E-state index contributed by atoms with van der Waals surface area (Å²) in [6, 6.07) is 4.41. The summed E-state index contributed by atoms with van der Waals surface area (Å²) in [4.78, 5) is 12.0. The number of nitrogens with one attached hydrogen (secondary N) is 1. The third-order valence-electron chi connectivity index (χ3n) is 2.38. The van der Waals surface area contributed by atoms with Crippen molar-refractivity contribution in [1.82, 2.24) is 5.32 Å². The van der Waals surface area contributed by atoms with E-state index in [-0.39, 0.29) is 15.2 Å². The summed E-state index contributed by atoms with van der Waals surface area (Å²) in [6.07, 6.45) is 0. The van der Waals surface area contributed by atoms with Crippen molar-refractivity contribution in [2.75, 3.05) is 6.54 Å². The van der Waals surface area contributed by atoms with Crippen LogP contribution in [0.25, 0.3) is 0 Å². The molecule has 17 heavy (non-hydrogen) atoms. The number of hydrogen-bond acceptors (Lipinski definition) is 1. The summed E-state index contributed by atoms with van der Waals surface area (Å²) in [7, 11) is 0. The van der Waals surface area contributed by atoms with E-state index in [9.17, 15) is 9.18 Å². The van der Waals surface area contributed by atoms with Crippen molar-refractivity contribution in [3.8, 4) is 0 Å². The SMILES string of the molecule is CC(C)C(Br)CNC(=O)c1cccc(F)c1Br. The van der Waals surface area contributed by atoms with Gasteiger partial charge in [-0.15, -0.1) is 0 Å². The molecule has 2 nitrogen and oxygen atoms in total. The van der Waals surface area contributed by atoms with E-state index in [2.05, 4.69) is 51.0 Å². The lowest BCUT2D eigenvalue weighted by atomic mass is 10.1. The molecular weight excluding hydrogens is 353 g/mol. The molecule has 5 heteroatoms. The lowest BCUT2D eigenvalue weighted by molar-refractivity contribution is 0.0951. The maximum Gasteiger partial charge on any atom is 0.252 e. The summed E-state index contributed by atoms with van der Waals surface area (Å²) >= 11 is 6.54. The van der Waals surface area contributed by atoms with E-state index in [1.165, 1.54) is 12.1 Å². The zero-order valence-corrected chi connectivity index (χ0v) is 12.8. The highest BCUT2D eigenvalue weighted by atomic mass is 79.9.